The molecule has 0 spiro atoms. The maximum Gasteiger partial charge on any atom is 0.229 e. The van der Waals surface area contributed by atoms with Gasteiger partial charge in [0.05, 0.1) is 31.9 Å². The minimum Gasteiger partial charge on any atom is -0.324 e. The van der Waals surface area contributed by atoms with E-state index in [2.05, 4.69) is 10.3 Å². The summed E-state index contributed by atoms with van der Waals surface area (Å²) in [6.07, 6.45) is 0.183. The van der Waals surface area contributed by atoms with Crippen LogP contribution in [0.15, 0.2) is 30.3 Å². The van der Waals surface area contributed by atoms with Gasteiger partial charge in [0.25, 0.3) is 0 Å². The van der Waals surface area contributed by atoms with Gasteiger partial charge in [-0.15, -0.1) is 11.3 Å². The fraction of sp³-hybridized carbons (Fsp3) is 0.286. The molecular formula is C21H20ClN3O2S. The number of anilines is 2. The van der Waals surface area contributed by atoms with Gasteiger partial charge in [-0.3, -0.25) is 9.59 Å². The van der Waals surface area contributed by atoms with Crippen molar-refractivity contribution in [3.05, 3.63) is 51.5 Å². The number of aryl methyl sites for hydroxylation is 3. The van der Waals surface area contributed by atoms with Crippen LogP contribution in [0.4, 0.5) is 11.4 Å². The molecule has 0 bridgehead atoms. The second-order valence-corrected chi connectivity index (χ2v) is 8.86. The van der Waals surface area contributed by atoms with Crippen LogP contribution in [0.1, 0.15) is 22.6 Å². The van der Waals surface area contributed by atoms with Crippen LogP contribution in [0, 0.1) is 26.7 Å². The van der Waals surface area contributed by atoms with Crippen molar-refractivity contribution in [2.45, 2.75) is 27.2 Å². The molecular weight excluding hydrogens is 394 g/mol. The number of carbonyl (C=O) groups is 2. The first kappa shape index (κ1) is 18.9. The first-order chi connectivity index (χ1) is 13.3. The number of aromatic nitrogens is 1. The van der Waals surface area contributed by atoms with Crippen molar-refractivity contribution in [1.82, 2.24) is 4.98 Å². The normalized spacial score (nSPS) is 16.8. The number of hydrogen-bond acceptors (Lipinski definition) is 4. The highest BCUT2D eigenvalue weighted by Crippen LogP contribution is 2.32. The molecule has 1 fully saturated rings. The van der Waals surface area contributed by atoms with E-state index in [4.69, 9.17) is 11.6 Å². The van der Waals surface area contributed by atoms with Crippen molar-refractivity contribution in [1.29, 1.82) is 0 Å². The fourth-order valence-electron chi connectivity index (χ4n) is 3.63. The summed E-state index contributed by atoms with van der Waals surface area (Å²) in [5, 5.41) is 4.41. The van der Waals surface area contributed by atoms with Gasteiger partial charge >= 0.3 is 0 Å². The van der Waals surface area contributed by atoms with Crippen LogP contribution in [-0.2, 0) is 9.59 Å². The molecule has 0 saturated carbocycles. The average molecular weight is 414 g/mol. The van der Waals surface area contributed by atoms with E-state index < -0.39 is 5.92 Å². The van der Waals surface area contributed by atoms with Crippen LogP contribution in [0.2, 0.25) is 5.02 Å². The molecule has 2 amide bonds. The number of nitrogens with zero attached hydrogens (tertiary/aromatic N) is 2. The Labute approximate surface area is 172 Å². The zero-order valence-electron chi connectivity index (χ0n) is 15.9. The molecule has 1 N–H and O–H groups in total. The van der Waals surface area contributed by atoms with Gasteiger partial charge in [0.15, 0.2) is 0 Å². The second-order valence-electron chi connectivity index (χ2n) is 7.22. The molecule has 1 aliphatic heterocycles. The Morgan fingerprint density at radius 3 is 2.79 bits per heavy atom. The van der Waals surface area contributed by atoms with Gasteiger partial charge < -0.3 is 10.2 Å². The predicted octanol–water partition coefficient (Wildman–Crippen LogP) is 4.87. The molecule has 0 radical (unpaired) electrons. The molecule has 1 aromatic heterocycles. The molecule has 1 saturated heterocycles. The third-order valence-electron chi connectivity index (χ3n) is 4.97. The Bertz CT molecular complexity index is 1090. The maximum absolute atomic E-state index is 12.8. The predicted molar refractivity (Wildman–Crippen MR) is 114 cm³/mol. The Balaban J connectivity index is 1.53. The van der Waals surface area contributed by atoms with Crippen LogP contribution in [0.3, 0.4) is 0 Å². The Kier molecular flexibility index (Phi) is 4.85. The number of benzene rings is 2. The summed E-state index contributed by atoms with van der Waals surface area (Å²) in [4.78, 5) is 31.5. The van der Waals surface area contributed by atoms with E-state index in [1.807, 2.05) is 51.1 Å². The molecule has 144 valence electrons. The van der Waals surface area contributed by atoms with Crippen molar-refractivity contribution in [2.75, 3.05) is 16.8 Å². The summed E-state index contributed by atoms with van der Waals surface area (Å²) in [5.74, 6) is -0.661. The summed E-state index contributed by atoms with van der Waals surface area (Å²) in [5.41, 5.74) is 4.22. The molecule has 1 unspecified atom stereocenters. The number of hydrogen-bond donors (Lipinski definition) is 1. The molecule has 4 rings (SSSR count). The number of amides is 2. The number of halogens is 1. The quantitative estimate of drug-likeness (QED) is 0.666. The lowest BCUT2D eigenvalue weighted by Gasteiger charge is -2.17. The maximum atomic E-state index is 12.8. The third-order valence-corrected chi connectivity index (χ3v) is 6.22. The lowest BCUT2D eigenvalue weighted by molar-refractivity contribution is -0.122. The Hall–Kier alpha value is -2.44. The van der Waals surface area contributed by atoms with Crippen LogP contribution in [-0.4, -0.2) is 23.3 Å². The molecule has 0 aliphatic carbocycles. The zero-order valence-corrected chi connectivity index (χ0v) is 17.4. The molecule has 5 nitrogen and oxygen atoms in total. The number of carbonyl (C=O) groups excluding carboxylic acids is 2. The third kappa shape index (κ3) is 3.50. The number of nitrogens with one attached hydrogen (secondary N) is 1. The van der Waals surface area contributed by atoms with Gasteiger partial charge in [0, 0.05) is 18.7 Å². The average Bonchev–Trinajstić information content (AvgIpc) is 3.18. The first-order valence-electron chi connectivity index (χ1n) is 9.07. The summed E-state index contributed by atoms with van der Waals surface area (Å²) in [6, 6.07) is 9.60. The summed E-state index contributed by atoms with van der Waals surface area (Å²) in [6.45, 7) is 6.18. The summed E-state index contributed by atoms with van der Waals surface area (Å²) in [7, 11) is 0. The van der Waals surface area contributed by atoms with E-state index in [-0.39, 0.29) is 18.2 Å². The van der Waals surface area contributed by atoms with Crippen LogP contribution < -0.4 is 10.2 Å². The summed E-state index contributed by atoms with van der Waals surface area (Å²) < 4.78 is 1.09. The van der Waals surface area contributed by atoms with E-state index >= 15 is 0 Å². The smallest absolute Gasteiger partial charge is 0.229 e. The van der Waals surface area contributed by atoms with Crippen molar-refractivity contribution in [3.63, 3.8) is 0 Å². The second kappa shape index (κ2) is 7.18. The monoisotopic (exact) mass is 413 g/mol. The molecule has 2 heterocycles. The largest absolute Gasteiger partial charge is 0.324 e. The van der Waals surface area contributed by atoms with Crippen molar-refractivity contribution in [2.24, 2.45) is 5.92 Å². The van der Waals surface area contributed by atoms with Gasteiger partial charge in [-0.05, 0) is 56.2 Å². The van der Waals surface area contributed by atoms with Crippen molar-refractivity contribution < 1.29 is 9.59 Å². The summed E-state index contributed by atoms with van der Waals surface area (Å²) >= 11 is 7.92. The van der Waals surface area contributed by atoms with Gasteiger partial charge in [-0.25, -0.2) is 4.98 Å². The SMILES string of the molecule is Cc1cc(C)c(NC(=O)C2CC(=O)N(c3ccc4sc(C)nc4c3)C2)c(Cl)c1. The standard InChI is InChI=1S/C21H20ClN3O2S/c1-11-6-12(2)20(16(22)7-11)24-21(27)14-8-19(26)25(10-14)15-4-5-18-17(9-15)23-13(3)28-18/h4-7,9,14H,8,10H2,1-3H3,(H,24,27). The minimum atomic E-state index is -0.419. The number of thiazole rings is 1. The lowest BCUT2D eigenvalue weighted by atomic mass is 10.1. The highest BCUT2D eigenvalue weighted by molar-refractivity contribution is 7.18. The first-order valence-corrected chi connectivity index (χ1v) is 10.3. The molecule has 3 aromatic rings. The van der Waals surface area contributed by atoms with Gasteiger partial charge in [-0.1, -0.05) is 17.7 Å². The minimum absolute atomic E-state index is 0.0572. The van der Waals surface area contributed by atoms with E-state index in [0.29, 0.717) is 17.3 Å². The van der Waals surface area contributed by atoms with E-state index in [9.17, 15) is 9.59 Å². The molecule has 1 aliphatic rings. The van der Waals surface area contributed by atoms with E-state index in [1.165, 1.54) is 0 Å². The molecule has 28 heavy (non-hydrogen) atoms. The van der Waals surface area contributed by atoms with Gasteiger partial charge in [-0.2, -0.15) is 0 Å². The topological polar surface area (TPSA) is 62.3 Å². The Morgan fingerprint density at radius 1 is 1.25 bits per heavy atom. The van der Waals surface area contributed by atoms with Crippen molar-refractivity contribution >= 4 is 56.3 Å². The van der Waals surface area contributed by atoms with E-state index in [0.717, 1.165) is 32.0 Å². The number of fused-ring (bicyclic) bond motifs is 1. The molecule has 7 heteroatoms. The highest BCUT2D eigenvalue weighted by Gasteiger charge is 2.35. The van der Waals surface area contributed by atoms with Crippen molar-refractivity contribution in [3.8, 4) is 0 Å². The van der Waals surface area contributed by atoms with Gasteiger partial charge in [0.1, 0.15) is 0 Å². The highest BCUT2D eigenvalue weighted by atomic mass is 35.5. The Morgan fingerprint density at radius 2 is 2.04 bits per heavy atom. The fourth-order valence-corrected chi connectivity index (χ4v) is 4.81. The van der Waals surface area contributed by atoms with E-state index in [1.54, 1.807) is 16.2 Å². The number of rotatable bonds is 3. The zero-order chi connectivity index (χ0) is 20.0. The lowest BCUT2D eigenvalue weighted by Crippen LogP contribution is -2.28. The van der Waals surface area contributed by atoms with Crippen LogP contribution in [0.5, 0.6) is 0 Å². The molecule has 1 atom stereocenters. The van der Waals surface area contributed by atoms with Crippen LogP contribution >= 0.6 is 22.9 Å². The molecule has 2 aromatic carbocycles. The van der Waals surface area contributed by atoms with Gasteiger partial charge in [0.2, 0.25) is 11.8 Å². The van der Waals surface area contributed by atoms with Crippen LogP contribution in [0.25, 0.3) is 10.2 Å².